The van der Waals surface area contributed by atoms with Gasteiger partial charge in [0.25, 0.3) is 0 Å². The summed E-state index contributed by atoms with van der Waals surface area (Å²) in [5.74, 6) is 0. The summed E-state index contributed by atoms with van der Waals surface area (Å²) in [5.41, 5.74) is 13.8. The van der Waals surface area contributed by atoms with Crippen molar-refractivity contribution in [1.82, 2.24) is 0 Å². The molecule has 2 aliphatic carbocycles. The smallest absolute Gasteiger partial charge is 0.423 e. The van der Waals surface area contributed by atoms with Gasteiger partial charge in [-0.3, -0.25) is 0 Å². The SMILES string of the molecule is CCCCCCCCC1(CCCCCCCC)c2cc(B(O)O)ccc2-c2ccc(-c3ccc4c(c3)C(CCCCCCCC)(CCCCCCCC)c3cc(B(O)O)ccc3-4)cc21. The van der Waals surface area contributed by atoms with Crippen LogP contribution in [0.2, 0.25) is 0 Å². The van der Waals surface area contributed by atoms with E-state index < -0.39 is 14.2 Å². The monoisotopic (exact) mass is 867 g/mol. The molecule has 6 rings (SSSR count). The van der Waals surface area contributed by atoms with Crippen molar-refractivity contribution in [2.45, 2.75) is 218 Å². The quantitative estimate of drug-likeness (QED) is 0.0300. The second-order valence-electron chi connectivity index (χ2n) is 20.1. The third kappa shape index (κ3) is 11.9. The average molecular weight is 867 g/mol. The Balaban J connectivity index is 1.44. The Morgan fingerprint density at radius 1 is 0.312 bits per heavy atom. The van der Waals surface area contributed by atoms with Crippen LogP contribution < -0.4 is 10.9 Å². The highest BCUT2D eigenvalue weighted by Crippen LogP contribution is 2.57. The number of hydrogen-bond donors (Lipinski definition) is 4. The molecule has 64 heavy (non-hydrogen) atoms. The van der Waals surface area contributed by atoms with Crippen LogP contribution in [-0.2, 0) is 10.8 Å². The minimum atomic E-state index is -1.49. The van der Waals surface area contributed by atoms with E-state index in [0.29, 0.717) is 10.9 Å². The van der Waals surface area contributed by atoms with E-state index in [2.05, 4.69) is 88.4 Å². The second-order valence-corrected chi connectivity index (χ2v) is 20.1. The van der Waals surface area contributed by atoms with E-state index in [4.69, 9.17) is 0 Å². The van der Waals surface area contributed by atoms with Crippen LogP contribution in [0.1, 0.15) is 230 Å². The van der Waals surface area contributed by atoms with Crippen LogP contribution in [0, 0.1) is 0 Å². The van der Waals surface area contributed by atoms with E-state index >= 15 is 0 Å². The van der Waals surface area contributed by atoms with E-state index in [9.17, 15) is 20.1 Å². The summed E-state index contributed by atoms with van der Waals surface area (Å²) in [6.45, 7) is 9.15. The summed E-state index contributed by atoms with van der Waals surface area (Å²) in [4.78, 5) is 0. The van der Waals surface area contributed by atoms with E-state index in [1.807, 2.05) is 12.1 Å². The lowest BCUT2D eigenvalue weighted by atomic mass is 9.68. The van der Waals surface area contributed by atoms with Crippen LogP contribution in [0.4, 0.5) is 0 Å². The van der Waals surface area contributed by atoms with Gasteiger partial charge in [0.2, 0.25) is 0 Å². The van der Waals surface area contributed by atoms with Gasteiger partial charge in [0.05, 0.1) is 0 Å². The van der Waals surface area contributed by atoms with Gasteiger partial charge >= 0.3 is 14.2 Å². The van der Waals surface area contributed by atoms with Crippen molar-refractivity contribution in [2.75, 3.05) is 0 Å². The molecule has 0 amide bonds. The highest BCUT2D eigenvalue weighted by atomic mass is 16.4. The van der Waals surface area contributed by atoms with Crippen LogP contribution in [0.25, 0.3) is 33.4 Å². The van der Waals surface area contributed by atoms with Crippen molar-refractivity contribution >= 4 is 25.2 Å². The van der Waals surface area contributed by atoms with Gasteiger partial charge in [-0.25, -0.2) is 0 Å². The van der Waals surface area contributed by atoms with Crippen LogP contribution in [0.3, 0.4) is 0 Å². The number of hydrogen-bond acceptors (Lipinski definition) is 4. The first-order valence-corrected chi connectivity index (χ1v) is 26.6. The lowest BCUT2D eigenvalue weighted by Gasteiger charge is -2.34. The Hall–Kier alpha value is -3.15. The molecule has 0 aliphatic heterocycles. The normalized spacial score (nSPS) is 14.1. The summed E-state index contributed by atoms with van der Waals surface area (Å²) in [6, 6.07) is 26.9. The average Bonchev–Trinajstić information content (AvgIpc) is 3.73. The van der Waals surface area contributed by atoms with Crippen molar-refractivity contribution in [3.63, 3.8) is 0 Å². The number of benzene rings is 4. The summed E-state index contributed by atoms with van der Waals surface area (Å²) in [6.07, 6.45) is 34.3. The Morgan fingerprint density at radius 3 is 0.844 bits per heavy atom. The van der Waals surface area contributed by atoms with E-state index in [1.165, 1.54) is 184 Å². The molecule has 0 fully saturated rings. The van der Waals surface area contributed by atoms with Crippen molar-refractivity contribution in [2.24, 2.45) is 0 Å². The Kier molecular flexibility index (Phi) is 19.7. The standard InChI is InChI=1S/C58H84B2O4/c1-5-9-13-17-21-25-37-57(38-26-22-18-14-10-6-2)53-41-45(29-33-49(53)51-35-31-47(59(61)62)43-55(51)57)46-30-34-50-52-36-32-48(60(63)64)44-56(52)58(54(50)42-46,39-27-23-19-15-11-7-3)40-28-24-20-16-12-8-4/h29-36,41-44,61-64H,5-28,37-40H2,1-4H3. The van der Waals surface area contributed by atoms with Crippen LogP contribution in [0.15, 0.2) is 72.8 Å². The number of fused-ring (bicyclic) bond motifs is 6. The second kappa shape index (κ2) is 25.1. The molecule has 0 spiro atoms. The molecule has 0 radical (unpaired) electrons. The first-order chi connectivity index (χ1) is 31.2. The van der Waals surface area contributed by atoms with Gasteiger partial charge in [0, 0.05) is 10.8 Å². The highest BCUT2D eigenvalue weighted by Gasteiger charge is 2.45. The number of unbranched alkanes of at least 4 members (excludes halogenated alkanes) is 20. The van der Waals surface area contributed by atoms with Crippen LogP contribution >= 0.6 is 0 Å². The largest absolute Gasteiger partial charge is 0.488 e. The maximum absolute atomic E-state index is 10.5. The predicted octanol–water partition coefficient (Wildman–Crippen LogP) is 14.2. The summed E-state index contributed by atoms with van der Waals surface area (Å²) in [7, 11) is -2.99. The summed E-state index contributed by atoms with van der Waals surface area (Å²) >= 11 is 0. The minimum absolute atomic E-state index is 0.186. The third-order valence-corrected chi connectivity index (χ3v) is 15.5. The van der Waals surface area contributed by atoms with Gasteiger partial charge in [-0.15, -0.1) is 0 Å². The molecule has 0 saturated heterocycles. The van der Waals surface area contributed by atoms with E-state index in [1.54, 1.807) is 0 Å². The topological polar surface area (TPSA) is 80.9 Å². The summed E-state index contributed by atoms with van der Waals surface area (Å²) in [5, 5.41) is 42.0. The molecular weight excluding hydrogens is 782 g/mol. The maximum atomic E-state index is 10.5. The molecule has 6 heteroatoms. The Labute approximate surface area is 390 Å². The predicted molar refractivity (Wildman–Crippen MR) is 276 cm³/mol. The maximum Gasteiger partial charge on any atom is 0.488 e. The lowest BCUT2D eigenvalue weighted by molar-refractivity contribution is 0.397. The third-order valence-electron chi connectivity index (χ3n) is 15.5. The highest BCUT2D eigenvalue weighted by molar-refractivity contribution is 6.59. The first-order valence-electron chi connectivity index (χ1n) is 26.6. The fourth-order valence-corrected chi connectivity index (χ4v) is 11.9. The van der Waals surface area contributed by atoms with Gasteiger partial charge in [0.15, 0.2) is 0 Å². The fraction of sp³-hybridized carbons (Fsp3) is 0.586. The molecule has 4 aromatic rings. The van der Waals surface area contributed by atoms with Gasteiger partial charge in [-0.2, -0.15) is 0 Å². The molecule has 0 aromatic heterocycles. The zero-order valence-corrected chi connectivity index (χ0v) is 40.7. The molecule has 2 aliphatic rings. The molecule has 0 atom stereocenters. The molecule has 0 heterocycles. The minimum Gasteiger partial charge on any atom is -0.423 e. The molecular formula is C58H84B2O4. The molecule has 4 N–H and O–H groups in total. The van der Waals surface area contributed by atoms with Crippen LogP contribution in [-0.4, -0.2) is 34.3 Å². The fourth-order valence-electron chi connectivity index (χ4n) is 11.9. The van der Waals surface area contributed by atoms with Crippen LogP contribution in [0.5, 0.6) is 0 Å². The molecule has 0 unspecified atom stereocenters. The van der Waals surface area contributed by atoms with E-state index in [-0.39, 0.29) is 10.8 Å². The van der Waals surface area contributed by atoms with Gasteiger partial charge < -0.3 is 20.1 Å². The van der Waals surface area contributed by atoms with Gasteiger partial charge in [-0.05, 0) is 104 Å². The van der Waals surface area contributed by atoms with Crippen molar-refractivity contribution in [3.05, 3.63) is 95.1 Å². The van der Waals surface area contributed by atoms with Gasteiger partial charge in [0.1, 0.15) is 0 Å². The van der Waals surface area contributed by atoms with Crippen molar-refractivity contribution in [1.29, 1.82) is 0 Å². The van der Waals surface area contributed by atoms with Gasteiger partial charge in [-0.1, -0.05) is 242 Å². The van der Waals surface area contributed by atoms with Crippen molar-refractivity contribution in [3.8, 4) is 33.4 Å². The Morgan fingerprint density at radius 2 is 0.562 bits per heavy atom. The zero-order chi connectivity index (χ0) is 45.4. The Bertz CT molecular complexity index is 1860. The number of rotatable bonds is 31. The zero-order valence-electron chi connectivity index (χ0n) is 40.7. The first kappa shape index (κ1) is 50.3. The lowest BCUT2D eigenvalue weighted by Crippen LogP contribution is -2.32. The molecule has 0 bridgehead atoms. The van der Waals surface area contributed by atoms with E-state index in [0.717, 1.165) is 51.4 Å². The molecule has 4 nitrogen and oxygen atoms in total. The molecule has 0 saturated carbocycles. The molecule has 4 aromatic carbocycles. The molecule has 346 valence electrons. The van der Waals surface area contributed by atoms with Crippen molar-refractivity contribution < 1.29 is 20.1 Å². The summed E-state index contributed by atoms with van der Waals surface area (Å²) < 4.78 is 0.